The Morgan fingerprint density at radius 1 is 0.829 bits per heavy atom. The van der Waals surface area contributed by atoms with E-state index in [-0.39, 0.29) is 11.5 Å². The second-order valence-electron chi connectivity index (χ2n) is 7.22. The molecule has 0 saturated carbocycles. The molecule has 4 nitrogen and oxygen atoms in total. The molecule has 8 heteroatoms. The van der Waals surface area contributed by atoms with E-state index >= 15 is 0 Å². The maximum atomic E-state index is 13.2. The molecule has 1 heterocycles. The van der Waals surface area contributed by atoms with E-state index < -0.39 is 5.97 Å². The zero-order chi connectivity index (χ0) is 24.5. The van der Waals surface area contributed by atoms with Crippen molar-refractivity contribution in [2.24, 2.45) is 5.16 Å². The smallest absolute Gasteiger partial charge is 0.311 e. The van der Waals surface area contributed by atoms with Gasteiger partial charge in [-0.1, -0.05) is 52.8 Å². The van der Waals surface area contributed by atoms with Crippen molar-refractivity contribution in [1.29, 1.82) is 0 Å². The summed E-state index contributed by atoms with van der Waals surface area (Å²) in [4.78, 5) is 34.2. The largest absolute Gasteiger partial charge is 0.375 e. The molecule has 4 aromatic rings. The number of carbonyl (C=O) groups is 2. The summed E-state index contributed by atoms with van der Waals surface area (Å²) in [6.45, 7) is 0. The molecular formula is C27H20ClNO3S3. The predicted molar refractivity (Wildman–Crippen MR) is 145 cm³/mol. The Hall–Kier alpha value is -2.84. The van der Waals surface area contributed by atoms with E-state index in [2.05, 4.69) is 5.16 Å². The van der Waals surface area contributed by atoms with E-state index in [4.69, 9.17) is 16.4 Å². The van der Waals surface area contributed by atoms with Crippen LogP contribution in [-0.2, 0) is 4.84 Å². The Morgan fingerprint density at radius 3 is 2.20 bits per heavy atom. The first-order valence-corrected chi connectivity index (χ1v) is 13.7. The van der Waals surface area contributed by atoms with Crippen LogP contribution in [0, 0.1) is 0 Å². The van der Waals surface area contributed by atoms with E-state index in [0.29, 0.717) is 27.6 Å². The van der Waals surface area contributed by atoms with Gasteiger partial charge in [-0.05, 0) is 72.1 Å². The lowest BCUT2D eigenvalue weighted by Gasteiger charge is -2.07. The average molecular weight is 538 g/mol. The molecular weight excluding hydrogens is 518 g/mol. The van der Waals surface area contributed by atoms with Gasteiger partial charge in [-0.15, -0.1) is 23.1 Å². The Balaban J connectivity index is 1.46. The highest BCUT2D eigenvalue weighted by Gasteiger charge is 2.17. The van der Waals surface area contributed by atoms with Gasteiger partial charge in [0, 0.05) is 37.4 Å². The summed E-state index contributed by atoms with van der Waals surface area (Å²) in [5, 5.41) is 6.43. The van der Waals surface area contributed by atoms with Crippen LogP contribution in [-0.4, -0.2) is 23.2 Å². The molecule has 0 bridgehead atoms. The van der Waals surface area contributed by atoms with Crippen molar-refractivity contribution in [3.05, 3.63) is 112 Å². The van der Waals surface area contributed by atoms with Crippen LogP contribution in [0.2, 0.25) is 5.02 Å². The summed E-state index contributed by atoms with van der Waals surface area (Å²) in [5.74, 6) is -0.257. The lowest BCUT2D eigenvalue weighted by atomic mass is 10.1. The molecule has 1 aromatic heterocycles. The number of Topliss-reactive ketones (excluding diaryl/α,β-unsaturated/α-hetero) is 1. The quantitative estimate of drug-likeness (QED) is 0.0671. The highest BCUT2D eigenvalue weighted by molar-refractivity contribution is 7.99. The van der Waals surface area contributed by atoms with Gasteiger partial charge in [0.2, 0.25) is 5.78 Å². The highest BCUT2D eigenvalue weighted by atomic mass is 35.5. The van der Waals surface area contributed by atoms with E-state index in [1.165, 1.54) is 11.3 Å². The van der Waals surface area contributed by atoms with Crippen molar-refractivity contribution in [2.75, 3.05) is 5.75 Å². The Bertz CT molecular complexity index is 1290. The molecule has 3 aromatic carbocycles. The van der Waals surface area contributed by atoms with E-state index in [1.807, 2.05) is 66.7 Å². The third-order valence-electron chi connectivity index (χ3n) is 4.74. The van der Waals surface area contributed by atoms with Gasteiger partial charge in [0.05, 0.1) is 0 Å². The van der Waals surface area contributed by atoms with Crippen LogP contribution in [0.1, 0.15) is 26.5 Å². The monoisotopic (exact) mass is 537 g/mol. The fourth-order valence-electron chi connectivity index (χ4n) is 3.00. The second kappa shape index (κ2) is 12.7. The molecule has 0 radical (unpaired) electrons. The molecule has 0 aliphatic heterocycles. The van der Waals surface area contributed by atoms with Crippen LogP contribution < -0.4 is 0 Å². The number of oxime groups is 1. The van der Waals surface area contributed by atoms with Gasteiger partial charge in [0.25, 0.3) is 0 Å². The third kappa shape index (κ3) is 7.57. The van der Waals surface area contributed by atoms with Crippen molar-refractivity contribution in [2.45, 2.75) is 21.1 Å². The van der Waals surface area contributed by atoms with Crippen molar-refractivity contribution in [3.63, 3.8) is 0 Å². The first-order chi connectivity index (χ1) is 17.1. The zero-order valence-electron chi connectivity index (χ0n) is 18.4. The van der Waals surface area contributed by atoms with Crippen LogP contribution in [0.25, 0.3) is 0 Å². The van der Waals surface area contributed by atoms with Crippen molar-refractivity contribution >= 4 is 63.9 Å². The Morgan fingerprint density at radius 2 is 1.51 bits per heavy atom. The number of hydrogen-bond acceptors (Lipinski definition) is 7. The molecule has 35 heavy (non-hydrogen) atoms. The first-order valence-electron chi connectivity index (χ1n) is 10.7. The predicted octanol–water partition coefficient (Wildman–Crippen LogP) is 8.13. The highest BCUT2D eigenvalue weighted by Crippen LogP contribution is 2.28. The molecule has 0 aliphatic carbocycles. The molecule has 0 amide bonds. The number of ketones is 1. The summed E-state index contributed by atoms with van der Waals surface area (Å²) >= 11 is 10.4. The molecule has 0 unspecified atom stereocenters. The number of thiophene rings is 1. The van der Waals surface area contributed by atoms with Crippen LogP contribution in [0.5, 0.6) is 0 Å². The first kappa shape index (κ1) is 25.3. The van der Waals surface area contributed by atoms with Crippen LogP contribution in [0.4, 0.5) is 0 Å². The standard InChI is InChI=1S/C27H20ClNO3S3/c28-20-10-14-21(15-11-20)33-18-16-24(29-32-27(31)25-7-4-17-34-25)26(30)19-8-12-23(13-9-19)35-22-5-2-1-3-6-22/h1-15,17H,16,18H2. The lowest BCUT2D eigenvalue weighted by molar-refractivity contribution is 0.0520. The fourth-order valence-corrected chi connectivity index (χ4v) is 5.42. The lowest BCUT2D eigenvalue weighted by Crippen LogP contribution is -2.17. The Kier molecular flexibility index (Phi) is 9.20. The summed E-state index contributed by atoms with van der Waals surface area (Å²) in [7, 11) is 0. The molecule has 4 rings (SSSR count). The average Bonchev–Trinajstić information content (AvgIpc) is 3.43. The third-order valence-corrected chi connectivity index (χ3v) is 7.87. The topological polar surface area (TPSA) is 55.7 Å². The minimum absolute atomic E-state index is 0.194. The van der Waals surface area contributed by atoms with Crippen molar-refractivity contribution in [3.8, 4) is 0 Å². The fraction of sp³-hybridized carbons (Fsp3) is 0.0741. The van der Waals surface area contributed by atoms with Gasteiger partial charge in [-0.25, -0.2) is 4.79 Å². The molecule has 176 valence electrons. The van der Waals surface area contributed by atoms with Gasteiger partial charge in [-0.2, -0.15) is 0 Å². The van der Waals surface area contributed by atoms with E-state index in [1.54, 1.807) is 53.2 Å². The number of hydrogen-bond donors (Lipinski definition) is 0. The Labute approximate surface area is 221 Å². The van der Waals surface area contributed by atoms with Crippen molar-refractivity contribution in [1.82, 2.24) is 0 Å². The molecule has 0 saturated heterocycles. The number of rotatable bonds is 10. The van der Waals surface area contributed by atoms with Crippen LogP contribution in [0.3, 0.4) is 0 Å². The zero-order valence-corrected chi connectivity index (χ0v) is 21.6. The second-order valence-corrected chi connectivity index (χ2v) is 10.9. The molecule has 0 fully saturated rings. The van der Waals surface area contributed by atoms with Gasteiger partial charge >= 0.3 is 5.97 Å². The van der Waals surface area contributed by atoms with E-state index in [9.17, 15) is 9.59 Å². The van der Waals surface area contributed by atoms with E-state index in [0.717, 1.165) is 14.7 Å². The van der Waals surface area contributed by atoms with Gasteiger partial charge in [0.15, 0.2) is 0 Å². The molecule has 0 N–H and O–H groups in total. The maximum absolute atomic E-state index is 13.2. The van der Waals surface area contributed by atoms with Crippen molar-refractivity contribution < 1.29 is 14.4 Å². The SMILES string of the molecule is O=C(C(CCSc1ccc(Cl)cc1)=NOC(=O)c1cccs1)c1ccc(Sc2ccccc2)cc1. The number of thioether (sulfide) groups is 1. The summed E-state index contributed by atoms with van der Waals surface area (Å²) in [6, 6.07) is 28.3. The number of halogens is 1. The summed E-state index contributed by atoms with van der Waals surface area (Å²) in [6.07, 6.45) is 0.338. The summed E-state index contributed by atoms with van der Waals surface area (Å²) < 4.78 is 0. The molecule has 0 spiro atoms. The van der Waals surface area contributed by atoms with Gasteiger partial charge in [-0.3, -0.25) is 4.79 Å². The van der Waals surface area contributed by atoms with Crippen LogP contribution in [0.15, 0.2) is 116 Å². The normalized spacial score (nSPS) is 11.3. The minimum Gasteiger partial charge on any atom is -0.311 e. The number of carbonyl (C=O) groups excluding carboxylic acids is 2. The molecule has 0 atom stereocenters. The number of nitrogens with zero attached hydrogens (tertiary/aromatic N) is 1. The van der Waals surface area contributed by atoms with Gasteiger partial charge in [0.1, 0.15) is 10.6 Å². The maximum Gasteiger partial charge on any atom is 0.375 e. The minimum atomic E-state index is -0.578. The summed E-state index contributed by atoms with van der Waals surface area (Å²) in [5.41, 5.74) is 0.685. The van der Waals surface area contributed by atoms with Gasteiger partial charge < -0.3 is 4.84 Å². The molecule has 0 aliphatic rings. The van der Waals surface area contributed by atoms with Crippen LogP contribution >= 0.6 is 46.5 Å². The number of benzene rings is 3.